The molecule has 0 fully saturated rings. The molecule has 1 N–H and O–H groups in total. The van der Waals surface area contributed by atoms with E-state index in [1.807, 2.05) is 19.2 Å². The van der Waals surface area contributed by atoms with Gasteiger partial charge in [-0.2, -0.15) is 0 Å². The summed E-state index contributed by atoms with van der Waals surface area (Å²) in [7, 11) is 3.65. The number of nitrogens with zero attached hydrogens (tertiary/aromatic N) is 1. The lowest BCUT2D eigenvalue weighted by atomic mass is 10.2. The van der Waals surface area contributed by atoms with Crippen molar-refractivity contribution in [3.8, 4) is 5.75 Å². The summed E-state index contributed by atoms with van der Waals surface area (Å²) in [6, 6.07) is 12.4. The number of aromatic nitrogens is 1. The molecule has 17 heavy (non-hydrogen) atoms. The minimum absolute atomic E-state index is 0.892. The Morgan fingerprint density at radius 1 is 1.18 bits per heavy atom. The van der Waals surface area contributed by atoms with Gasteiger partial charge in [0.15, 0.2) is 0 Å². The Kier molecular flexibility index (Phi) is 3.83. The Morgan fingerprint density at radius 3 is 2.59 bits per heavy atom. The second kappa shape index (κ2) is 5.55. The van der Waals surface area contributed by atoms with E-state index in [1.54, 1.807) is 7.11 Å². The van der Waals surface area contributed by atoms with E-state index in [-0.39, 0.29) is 0 Å². The molecule has 0 spiro atoms. The maximum Gasteiger partial charge on any atom is 0.118 e. The maximum absolute atomic E-state index is 5.15. The van der Waals surface area contributed by atoms with Crippen molar-refractivity contribution in [3.63, 3.8) is 0 Å². The van der Waals surface area contributed by atoms with Gasteiger partial charge in [0.05, 0.1) is 7.11 Å². The molecule has 2 rings (SSSR count). The fourth-order valence-electron chi connectivity index (χ4n) is 1.87. The van der Waals surface area contributed by atoms with Crippen LogP contribution < -0.4 is 10.1 Å². The van der Waals surface area contributed by atoms with Gasteiger partial charge in [-0.25, -0.2) is 0 Å². The molecule has 2 aromatic rings. The van der Waals surface area contributed by atoms with Crippen LogP contribution in [0.1, 0.15) is 11.3 Å². The summed E-state index contributed by atoms with van der Waals surface area (Å²) < 4.78 is 7.40. The van der Waals surface area contributed by atoms with Crippen LogP contribution in [0.5, 0.6) is 5.75 Å². The zero-order valence-electron chi connectivity index (χ0n) is 10.3. The molecule has 0 radical (unpaired) electrons. The highest BCUT2D eigenvalue weighted by molar-refractivity contribution is 5.27. The molecule has 0 aliphatic rings. The molecule has 0 amide bonds. The smallest absolute Gasteiger partial charge is 0.118 e. The second-order valence-electron chi connectivity index (χ2n) is 4.01. The SMILES string of the molecule is CNCc1cccn1Cc1ccc(OC)cc1. The van der Waals surface area contributed by atoms with Gasteiger partial charge in [-0.1, -0.05) is 12.1 Å². The fourth-order valence-corrected chi connectivity index (χ4v) is 1.87. The van der Waals surface area contributed by atoms with Crippen LogP contribution in [0, 0.1) is 0 Å². The third-order valence-corrected chi connectivity index (χ3v) is 2.79. The quantitative estimate of drug-likeness (QED) is 0.852. The van der Waals surface area contributed by atoms with E-state index in [2.05, 4.69) is 40.3 Å². The predicted octanol–water partition coefficient (Wildman–Crippen LogP) is 2.26. The summed E-state index contributed by atoms with van der Waals surface area (Å²) >= 11 is 0. The third kappa shape index (κ3) is 2.88. The first-order valence-corrected chi connectivity index (χ1v) is 5.75. The largest absolute Gasteiger partial charge is 0.497 e. The summed E-state index contributed by atoms with van der Waals surface area (Å²) in [6.07, 6.45) is 2.11. The van der Waals surface area contributed by atoms with Gasteiger partial charge < -0.3 is 14.6 Å². The number of hydrogen-bond donors (Lipinski definition) is 1. The molecule has 3 nitrogen and oxygen atoms in total. The van der Waals surface area contributed by atoms with E-state index in [9.17, 15) is 0 Å². The molecule has 3 heteroatoms. The molecule has 90 valence electrons. The van der Waals surface area contributed by atoms with E-state index in [1.165, 1.54) is 11.3 Å². The van der Waals surface area contributed by atoms with E-state index < -0.39 is 0 Å². The number of nitrogens with one attached hydrogen (secondary N) is 1. The van der Waals surface area contributed by atoms with Gasteiger partial charge in [-0.05, 0) is 36.9 Å². The van der Waals surface area contributed by atoms with Gasteiger partial charge in [0.25, 0.3) is 0 Å². The highest BCUT2D eigenvalue weighted by Gasteiger charge is 2.01. The van der Waals surface area contributed by atoms with E-state index in [0.29, 0.717) is 0 Å². The van der Waals surface area contributed by atoms with Crippen LogP contribution in [0.25, 0.3) is 0 Å². The van der Waals surface area contributed by atoms with Crippen molar-refractivity contribution in [2.75, 3.05) is 14.2 Å². The van der Waals surface area contributed by atoms with Crippen molar-refractivity contribution < 1.29 is 4.74 Å². The van der Waals surface area contributed by atoms with Crippen molar-refractivity contribution in [1.29, 1.82) is 0 Å². The Bertz CT molecular complexity index is 459. The highest BCUT2D eigenvalue weighted by atomic mass is 16.5. The second-order valence-corrected chi connectivity index (χ2v) is 4.01. The summed E-state index contributed by atoms with van der Waals surface area (Å²) in [5, 5.41) is 3.17. The number of ether oxygens (including phenoxy) is 1. The monoisotopic (exact) mass is 230 g/mol. The maximum atomic E-state index is 5.15. The van der Waals surface area contributed by atoms with Crippen molar-refractivity contribution >= 4 is 0 Å². The molecule has 0 unspecified atom stereocenters. The van der Waals surface area contributed by atoms with E-state index >= 15 is 0 Å². The lowest BCUT2D eigenvalue weighted by molar-refractivity contribution is 0.414. The lowest BCUT2D eigenvalue weighted by Crippen LogP contribution is -2.11. The lowest BCUT2D eigenvalue weighted by Gasteiger charge is -2.09. The van der Waals surface area contributed by atoms with Crippen molar-refractivity contribution in [3.05, 3.63) is 53.9 Å². The van der Waals surface area contributed by atoms with Gasteiger partial charge in [-0.3, -0.25) is 0 Å². The van der Waals surface area contributed by atoms with Crippen LogP contribution in [0.4, 0.5) is 0 Å². The van der Waals surface area contributed by atoms with Crippen LogP contribution in [-0.2, 0) is 13.1 Å². The molecule has 0 aliphatic heterocycles. The van der Waals surface area contributed by atoms with Crippen LogP contribution in [-0.4, -0.2) is 18.7 Å². The molecular formula is C14H18N2O. The van der Waals surface area contributed by atoms with E-state index in [4.69, 9.17) is 4.74 Å². The summed E-state index contributed by atoms with van der Waals surface area (Å²) in [5.41, 5.74) is 2.57. The molecule has 0 atom stereocenters. The van der Waals surface area contributed by atoms with Crippen LogP contribution in [0.15, 0.2) is 42.6 Å². The molecule has 1 aromatic carbocycles. The number of hydrogen-bond acceptors (Lipinski definition) is 2. The first kappa shape index (κ1) is 11.7. The number of methoxy groups -OCH3 is 1. The molecule has 0 aliphatic carbocycles. The molecule has 0 bridgehead atoms. The third-order valence-electron chi connectivity index (χ3n) is 2.79. The molecule has 1 aromatic heterocycles. The zero-order chi connectivity index (χ0) is 12.1. The van der Waals surface area contributed by atoms with Crippen LogP contribution in [0.2, 0.25) is 0 Å². The van der Waals surface area contributed by atoms with Crippen LogP contribution >= 0.6 is 0 Å². The summed E-state index contributed by atoms with van der Waals surface area (Å²) in [4.78, 5) is 0. The first-order valence-electron chi connectivity index (χ1n) is 5.75. The van der Waals surface area contributed by atoms with Gasteiger partial charge in [-0.15, -0.1) is 0 Å². The zero-order valence-corrected chi connectivity index (χ0v) is 10.3. The highest BCUT2D eigenvalue weighted by Crippen LogP contribution is 2.13. The van der Waals surface area contributed by atoms with Gasteiger partial charge >= 0.3 is 0 Å². The van der Waals surface area contributed by atoms with Gasteiger partial charge in [0.2, 0.25) is 0 Å². The Balaban J connectivity index is 2.10. The van der Waals surface area contributed by atoms with Gasteiger partial charge in [0, 0.05) is 25.0 Å². The average Bonchev–Trinajstić information content (AvgIpc) is 2.78. The standard InChI is InChI=1S/C14H18N2O/c1-15-10-13-4-3-9-16(13)11-12-5-7-14(17-2)8-6-12/h3-9,15H,10-11H2,1-2H3. The first-order chi connectivity index (χ1) is 8.33. The van der Waals surface area contributed by atoms with Crippen molar-refractivity contribution in [2.45, 2.75) is 13.1 Å². The van der Waals surface area contributed by atoms with E-state index in [0.717, 1.165) is 18.8 Å². The number of rotatable bonds is 5. The topological polar surface area (TPSA) is 26.2 Å². The van der Waals surface area contributed by atoms with Crippen molar-refractivity contribution in [1.82, 2.24) is 9.88 Å². The molecule has 0 saturated heterocycles. The minimum atomic E-state index is 0.892. The van der Waals surface area contributed by atoms with Gasteiger partial charge in [0.1, 0.15) is 5.75 Å². The molecule has 0 saturated carbocycles. The Labute approximate surface area is 102 Å². The normalized spacial score (nSPS) is 10.5. The minimum Gasteiger partial charge on any atom is -0.497 e. The number of benzene rings is 1. The fraction of sp³-hybridized carbons (Fsp3) is 0.286. The summed E-state index contributed by atoms with van der Waals surface area (Å²) in [5.74, 6) is 0.900. The van der Waals surface area contributed by atoms with Crippen LogP contribution in [0.3, 0.4) is 0 Å². The summed E-state index contributed by atoms with van der Waals surface area (Å²) in [6.45, 7) is 1.79. The molecular weight excluding hydrogens is 212 g/mol. The average molecular weight is 230 g/mol. The molecule has 1 heterocycles. The predicted molar refractivity (Wildman–Crippen MR) is 69.3 cm³/mol. The Morgan fingerprint density at radius 2 is 1.94 bits per heavy atom. The van der Waals surface area contributed by atoms with Crippen molar-refractivity contribution in [2.24, 2.45) is 0 Å². The Hall–Kier alpha value is -1.74.